The first kappa shape index (κ1) is 13.7. The molecule has 3 rings (SSSR count). The summed E-state index contributed by atoms with van der Waals surface area (Å²) in [4.78, 5) is 5.71. The molecule has 0 aliphatic heterocycles. The lowest BCUT2D eigenvalue weighted by Crippen LogP contribution is -2.17. The number of fused-ring (bicyclic) bond motifs is 1. The van der Waals surface area contributed by atoms with E-state index >= 15 is 0 Å². The summed E-state index contributed by atoms with van der Waals surface area (Å²) in [5.74, 6) is 1.10. The van der Waals surface area contributed by atoms with Crippen LogP contribution in [0.4, 0.5) is 0 Å². The maximum Gasteiger partial charge on any atom is 0.0541 e. The van der Waals surface area contributed by atoms with Gasteiger partial charge in [0.05, 0.1) is 5.69 Å². The molecule has 0 radical (unpaired) electrons. The second kappa shape index (κ2) is 6.91. The lowest BCUT2D eigenvalue weighted by molar-refractivity contribution is 0.715. The minimum Gasteiger partial charge on any atom is -0.310 e. The highest BCUT2D eigenvalue weighted by atomic mass is 32.2. The molecule has 2 aromatic rings. The van der Waals surface area contributed by atoms with Crippen LogP contribution in [0, 0.1) is 0 Å². The summed E-state index contributed by atoms with van der Waals surface area (Å²) >= 11 is 1.94. The molecule has 0 unspecified atom stereocenters. The molecule has 3 heteroatoms. The van der Waals surface area contributed by atoms with Gasteiger partial charge in [-0.1, -0.05) is 12.1 Å². The van der Waals surface area contributed by atoms with Gasteiger partial charge in [-0.15, -0.1) is 11.8 Å². The number of benzene rings is 1. The number of nitrogens with one attached hydrogen (secondary N) is 1. The van der Waals surface area contributed by atoms with Gasteiger partial charge in [0.25, 0.3) is 0 Å². The Morgan fingerprint density at radius 3 is 2.95 bits per heavy atom. The van der Waals surface area contributed by atoms with E-state index in [9.17, 15) is 0 Å². The predicted molar refractivity (Wildman–Crippen MR) is 85.1 cm³/mol. The quantitative estimate of drug-likeness (QED) is 0.649. The normalized spacial score (nSPS) is 13.4. The minimum atomic E-state index is 0.853. The van der Waals surface area contributed by atoms with E-state index < -0.39 is 0 Å². The van der Waals surface area contributed by atoms with Crippen molar-refractivity contribution in [2.24, 2.45) is 0 Å². The molecule has 1 heterocycles. The van der Waals surface area contributed by atoms with Gasteiger partial charge >= 0.3 is 0 Å². The van der Waals surface area contributed by atoms with E-state index in [4.69, 9.17) is 0 Å². The molecule has 0 spiro atoms. The van der Waals surface area contributed by atoms with Crippen molar-refractivity contribution >= 4 is 11.8 Å². The summed E-state index contributed by atoms with van der Waals surface area (Å²) in [7, 11) is 0. The molecule has 0 amide bonds. The van der Waals surface area contributed by atoms with E-state index in [1.54, 1.807) is 11.1 Å². The van der Waals surface area contributed by atoms with Crippen molar-refractivity contribution in [2.75, 3.05) is 12.3 Å². The Labute approximate surface area is 125 Å². The van der Waals surface area contributed by atoms with Crippen molar-refractivity contribution in [1.29, 1.82) is 0 Å². The molecule has 1 aromatic carbocycles. The number of pyridine rings is 1. The Kier molecular flexibility index (Phi) is 4.72. The number of rotatable bonds is 6. The number of thioether (sulfide) groups is 1. The second-order valence-corrected chi connectivity index (χ2v) is 6.30. The maximum atomic E-state index is 4.30. The molecule has 20 heavy (non-hydrogen) atoms. The van der Waals surface area contributed by atoms with Gasteiger partial charge in [-0.2, -0.15) is 0 Å². The number of nitrogens with zero attached hydrogens (tertiary/aromatic N) is 1. The van der Waals surface area contributed by atoms with Gasteiger partial charge in [0.15, 0.2) is 0 Å². The van der Waals surface area contributed by atoms with Crippen LogP contribution in [0.25, 0.3) is 0 Å². The van der Waals surface area contributed by atoms with Crippen LogP contribution in [-0.2, 0) is 19.4 Å². The number of aryl methyl sites for hydroxylation is 2. The van der Waals surface area contributed by atoms with E-state index in [0.29, 0.717) is 0 Å². The number of hydrogen-bond donors (Lipinski definition) is 1. The first-order valence-corrected chi connectivity index (χ1v) is 8.25. The smallest absolute Gasteiger partial charge is 0.0541 e. The van der Waals surface area contributed by atoms with Crippen LogP contribution in [0.5, 0.6) is 0 Å². The standard InChI is InChI=1S/C17H20N2S/c1-2-9-19-16(6-1)13-18-10-11-20-17-8-7-14-4-3-5-15(14)12-17/h1-2,6-9,12,18H,3-5,10-11,13H2. The van der Waals surface area contributed by atoms with Crippen LogP contribution in [-0.4, -0.2) is 17.3 Å². The first-order chi connectivity index (χ1) is 9.92. The summed E-state index contributed by atoms with van der Waals surface area (Å²) in [6.45, 7) is 1.86. The van der Waals surface area contributed by atoms with E-state index in [1.165, 1.54) is 24.2 Å². The van der Waals surface area contributed by atoms with E-state index in [1.807, 2.05) is 30.1 Å². The first-order valence-electron chi connectivity index (χ1n) is 7.27. The zero-order valence-corrected chi connectivity index (χ0v) is 12.5. The predicted octanol–water partition coefficient (Wildman–Crippen LogP) is 3.45. The third kappa shape index (κ3) is 3.62. The Hall–Kier alpha value is -1.32. The van der Waals surface area contributed by atoms with Gasteiger partial charge in [-0.3, -0.25) is 4.98 Å². The molecular weight excluding hydrogens is 264 g/mol. The van der Waals surface area contributed by atoms with Gasteiger partial charge in [-0.05, 0) is 54.7 Å². The summed E-state index contributed by atoms with van der Waals surface area (Å²) in [6, 6.07) is 13.0. The summed E-state index contributed by atoms with van der Waals surface area (Å²) in [5.41, 5.74) is 4.23. The van der Waals surface area contributed by atoms with Gasteiger partial charge in [0.2, 0.25) is 0 Å². The zero-order chi connectivity index (χ0) is 13.6. The van der Waals surface area contributed by atoms with Crippen molar-refractivity contribution in [3.63, 3.8) is 0 Å². The van der Waals surface area contributed by atoms with Crippen molar-refractivity contribution in [3.05, 3.63) is 59.4 Å². The Bertz CT molecular complexity index is 554. The highest BCUT2D eigenvalue weighted by Crippen LogP contribution is 2.27. The highest BCUT2D eigenvalue weighted by Gasteiger charge is 2.10. The molecule has 1 aliphatic rings. The summed E-state index contributed by atoms with van der Waals surface area (Å²) in [6.07, 6.45) is 5.71. The van der Waals surface area contributed by atoms with Crippen LogP contribution < -0.4 is 5.32 Å². The molecule has 0 saturated carbocycles. The fourth-order valence-corrected chi connectivity index (χ4v) is 3.47. The largest absolute Gasteiger partial charge is 0.310 e. The topological polar surface area (TPSA) is 24.9 Å². The minimum absolute atomic E-state index is 0.853. The van der Waals surface area contributed by atoms with Gasteiger partial charge in [0, 0.05) is 29.9 Å². The molecule has 0 bridgehead atoms. The lowest BCUT2D eigenvalue weighted by Gasteiger charge is -2.06. The van der Waals surface area contributed by atoms with Crippen LogP contribution in [0.1, 0.15) is 23.2 Å². The van der Waals surface area contributed by atoms with Crippen molar-refractivity contribution in [2.45, 2.75) is 30.7 Å². The molecule has 0 fully saturated rings. The van der Waals surface area contributed by atoms with Gasteiger partial charge < -0.3 is 5.32 Å². The van der Waals surface area contributed by atoms with Crippen LogP contribution in [0.3, 0.4) is 0 Å². The third-order valence-corrected chi connectivity index (χ3v) is 4.65. The van der Waals surface area contributed by atoms with Gasteiger partial charge in [0.1, 0.15) is 0 Å². The van der Waals surface area contributed by atoms with Crippen molar-refractivity contribution in [1.82, 2.24) is 10.3 Å². The van der Waals surface area contributed by atoms with E-state index in [-0.39, 0.29) is 0 Å². The van der Waals surface area contributed by atoms with Crippen LogP contribution in [0.2, 0.25) is 0 Å². The molecule has 1 aromatic heterocycles. The van der Waals surface area contributed by atoms with E-state index in [2.05, 4.69) is 34.6 Å². The third-order valence-electron chi connectivity index (χ3n) is 3.65. The van der Waals surface area contributed by atoms with Crippen LogP contribution in [0.15, 0.2) is 47.5 Å². The molecule has 0 atom stereocenters. The lowest BCUT2D eigenvalue weighted by atomic mass is 10.1. The molecule has 1 N–H and O–H groups in total. The number of hydrogen-bond acceptors (Lipinski definition) is 3. The van der Waals surface area contributed by atoms with Crippen molar-refractivity contribution < 1.29 is 0 Å². The maximum absolute atomic E-state index is 4.30. The SMILES string of the molecule is c1ccc(CNCCSc2ccc3c(c2)CCC3)nc1. The molecule has 1 aliphatic carbocycles. The fourth-order valence-electron chi connectivity index (χ4n) is 2.60. The van der Waals surface area contributed by atoms with Gasteiger partial charge in [-0.25, -0.2) is 0 Å². The Morgan fingerprint density at radius 1 is 1.10 bits per heavy atom. The Balaban J connectivity index is 1.40. The van der Waals surface area contributed by atoms with Crippen molar-refractivity contribution in [3.8, 4) is 0 Å². The zero-order valence-electron chi connectivity index (χ0n) is 11.6. The molecule has 2 nitrogen and oxygen atoms in total. The summed E-state index contributed by atoms with van der Waals surface area (Å²) in [5, 5.41) is 3.44. The fraction of sp³-hybridized carbons (Fsp3) is 0.353. The average molecular weight is 284 g/mol. The average Bonchev–Trinajstić information content (AvgIpc) is 2.95. The molecule has 104 valence electrons. The second-order valence-electron chi connectivity index (χ2n) is 5.13. The highest BCUT2D eigenvalue weighted by molar-refractivity contribution is 7.99. The van der Waals surface area contributed by atoms with E-state index in [0.717, 1.165) is 24.5 Å². The molecule has 0 saturated heterocycles. The monoisotopic (exact) mass is 284 g/mol. The number of aromatic nitrogens is 1. The molecular formula is C17H20N2S. The summed E-state index contributed by atoms with van der Waals surface area (Å²) < 4.78 is 0. The van der Waals surface area contributed by atoms with Crippen LogP contribution >= 0.6 is 11.8 Å². The Morgan fingerprint density at radius 2 is 2.05 bits per heavy atom.